The molecule has 0 aliphatic carbocycles. The number of allylic oxidation sites excluding steroid dienone is 26. The van der Waals surface area contributed by atoms with E-state index in [2.05, 4.69) is 64.2 Å². The van der Waals surface area contributed by atoms with Crippen LogP contribution in [0.25, 0.3) is 0 Å². The molecule has 0 spiro atoms. The third kappa shape index (κ3) is 24.9. The fraction of sp³-hybridized carbons (Fsp3) is 0.350. The van der Waals surface area contributed by atoms with Crippen LogP contribution < -0.4 is 0 Å². The maximum Gasteiger partial charge on any atom is 0.0575 e. The van der Waals surface area contributed by atoms with Gasteiger partial charge in [-0.05, 0) is 94.7 Å². The second-order valence-electron chi connectivity index (χ2n) is 9.90. The lowest BCUT2D eigenvalue weighted by atomic mass is 10.1. The van der Waals surface area contributed by atoms with E-state index in [1.165, 1.54) is 35.8 Å². The van der Waals surface area contributed by atoms with E-state index in [4.69, 9.17) is 15.1 Å². The van der Waals surface area contributed by atoms with Crippen molar-refractivity contribution in [1.29, 1.82) is 0 Å². The number of hydrogen-bond acceptors (Lipinski definition) is 0. The van der Waals surface area contributed by atoms with Gasteiger partial charge in [-0.25, -0.2) is 0 Å². The molecule has 0 N–H and O–H groups in total. The molecular formula is C40H56. The first-order valence-electron chi connectivity index (χ1n) is 19.1. The highest BCUT2D eigenvalue weighted by molar-refractivity contribution is 5.32. The van der Waals surface area contributed by atoms with Gasteiger partial charge in [0, 0.05) is 13.7 Å². The van der Waals surface area contributed by atoms with Crippen LogP contribution in [0, 0.1) is 0 Å². The summed E-state index contributed by atoms with van der Waals surface area (Å²) in [5, 5.41) is 0. The topological polar surface area (TPSA) is 0 Å². The zero-order chi connectivity index (χ0) is 39.6. The minimum atomic E-state index is -3.28. The van der Waals surface area contributed by atoms with E-state index < -0.39 is 38.1 Å². The second-order valence-corrected chi connectivity index (χ2v) is 9.90. The molecule has 0 aromatic rings. The number of rotatable bonds is 16. The fourth-order valence-corrected chi connectivity index (χ4v) is 2.95. The molecule has 0 fully saturated rings. The van der Waals surface area contributed by atoms with E-state index in [0.717, 1.165) is 29.6 Å². The van der Waals surface area contributed by atoms with Gasteiger partial charge >= 0.3 is 0 Å². The predicted molar refractivity (Wildman–Crippen MR) is 186 cm³/mol. The van der Waals surface area contributed by atoms with Crippen LogP contribution in [-0.4, -0.2) is 0 Å². The van der Waals surface area contributed by atoms with Crippen LogP contribution in [0.1, 0.15) is 110 Å². The Morgan fingerprint density at radius 2 is 0.975 bits per heavy atom. The van der Waals surface area contributed by atoms with Crippen molar-refractivity contribution in [3.8, 4) is 0 Å². The molecule has 0 unspecified atom stereocenters. The summed E-state index contributed by atoms with van der Waals surface area (Å²) in [6.45, 7) is 9.06. The Kier molecular flexibility index (Phi) is 12.6. The van der Waals surface area contributed by atoms with Gasteiger partial charge in [0.05, 0.1) is 1.37 Å². The molecule has 0 radical (unpaired) electrons. The van der Waals surface area contributed by atoms with Crippen molar-refractivity contribution < 1.29 is 15.1 Å². The standard InChI is InChI=1S/C40H56/c1-33(2)19-13-23-37(7)27-17-31-39(9)29-15-25-35(5)21-11-12-22-36(6)26-16-30-40(10)32-18-28-38(8)24-14-20-34(3)4/h11-12,15-22,25-32H,13-14,23-24H2,1-10H3/b12-11+,25-15+,26-16+,31-17+,32-18+,35-21+,36-22+,37-27+,38-28+,39-29+,40-30+/i1D3,2D3,13D2,19D,23D2. The lowest BCUT2D eigenvalue weighted by Gasteiger charge is -1.96. The van der Waals surface area contributed by atoms with Gasteiger partial charge in [0.15, 0.2) is 0 Å². The van der Waals surface area contributed by atoms with Crippen molar-refractivity contribution in [2.75, 3.05) is 0 Å². The minimum Gasteiger partial charge on any atom is -0.0856 e. The summed E-state index contributed by atoms with van der Waals surface area (Å²) < 4.78 is 86.1. The van der Waals surface area contributed by atoms with Crippen molar-refractivity contribution >= 4 is 0 Å². The van der Waals surface area contributed by atoms with E-state index in [-0.39, 0.29) is 5.57 Å². The van der Waals surface area contributed by atoms with Crippen LogP contribution in [0.15, 0.2) is 154 Å². The van der Waals surface area contributed by atoms with Crippen molar-refractivity contribution in [1.82, 2.24) is 0 Å². The highest BCUT2D eigenvalue weighted by atomic mass is 13.9. The predicted octanol–water partition coefficient (Wildman–Crippen LogP) is 12.9. The maximum atomic E-state index is 8.32. The highest BCUT2D eigenvalue weighted by Crippen LogP contribution is 2.09. The monoisotopic (exact) mass is 548 g/mol. The van der Waals surface area contributed by atoms with E-state index >= 15 is 0 Å². The SMILES string of the molecule is [2H]C(=C(C([2H])([2H])[2H])C([2H])([2H])[2H])C([2H])([2H])C([2H])([2H])/C(C)=C/C=C/C(C)=C/C=C/C(C)=C/C=C/C=C(C)/C=C/C=C(C)/C=C/C=C(\C)CCC=C(C)C. The first kappa shape index (κ1) is 21.4. The molecule has 0 nitrogen and oxygen atoms in total. The van der Waals surface area contributed by atoms with Gasteiger partial charge in [-0.3, -0.25) is 0 Å². The quantitative estimate of drug-likeness (QED) is 0.133. The van der Waals surface area contributed by atoms with Crippen LogP contribution in [0.5, 0.6) is 0 Å². The van der Waals surface area contributed by atoms with Gasteiger partial charge in [-0.2, -0.15) is 0 Å². The molecule has 216 valence electrons. The normalized spacial score (nSPS) is 20.4. The molecule has 0 bridgehead atoms. The van der Waals surface area contributed by atoms with Crippen molar-refractivity contribution in [3.05, 3.63) is 154 Å². The third-order valence-electron chi connectivity index (χ3n) is 5.25. The summed E-state index contributed by atoms with van der Waals surface area (Å²) in [4.78, 5) is 0. The van der Waals surface area contributed by atoms with Crippen molar-refractivity contribution in [3.63, 3.8) is 0 Å². The van der Waals surface area contributed by atoms with Gasteiger partial charge in [-0.1, -0.05) is 154 Å². The average molecular weight is 548 g/mol. The Bertz CT molecular complexity index is 1550. The Labute approximate surface area is 263 Å². The molecule has 0 amide bonds. The summed E-state index contributed by atoms with van der Waals surface area (Å²) in [6, 6.07) is -1.40. The fourth-order valence-electron chi connectivity index (χ4n) is 2.95. The number of hydrogen-bond donors (Lipinski definition) is 0. The first-order chi connectivity index (χ1) is 23.3. The summed E-state index contributed by atoms with van der Waals surface area (Å²) in [6.07, 6.45) is 29.0. The Balaban J connectivity index is 5.39. The van der Waals surface area contributed by atoms with Crippen molar-refractivity contribution in [2.24, 2.45) is 0 Å². The molecule has 0 aliphatic heterocycles. The zero-order valence-electron chi connectivity index (χ0n) is 36.7. The van der Waals surface area contributed by atoms with Gasteiger partial charge in [-0.15, -0.1) is 0 Å². The summed E-state index contributed by atoms with van der Waals surface area (Å²) >= 11 is 0. The van der Waals surface area contributed by atoms with Crippen LogP contribution in [-0.2, 0) is 0 Å². The minimum absolute atomic E-state index is 0.138. The van der Waals surface area contributed by atoms with E-state index in [0.29, 0.717) is 0 Å². The third-order valence-corrected chi connectivity index (χ3v) is 5.25. The summed E-state index contributed by atoms with van der Waals surface area (Å²) in [5.41, 5.74) is 5.31. The van der Waals surface area contributed by atoms with E-state index in [1.54, 1.807) is 6.08 Å². The molecular weight excluding hydrogens is 480 g/mol. The van der Waals surface area contributed by atoms with Gasteiger partial charge in [0.2, 0.25) is 0 Å². The summed E-state index contributed by atoms with van der Waals surface area (Å²) in [7, 11) is 0. The second kappa shape index (κ2) is 23.5. The maximum absolute atomic E-state index is 8.32. The lowest BCUT2D eigenvalue weighted by Crippen LogP contribution is -1.76. The van der Waals surface area contributed by atoms with Crippen molar-refractivity contribution in [2.45, 2.75) is 94.7 Å². The van der Waals surface area contributed by atoms with E-state index in [1.807, 2.05) is 69.4 Å². The summed E-state index contributed by atoms with van der Waals surface area (Å²) in [5.74, 6) is 0. The zero-order valence-corrected chi connectivity index (χ0v) is 25.7. The largest absolute Gasteiger partial charge is 0.0856 e. The van der Waals surface area contributed by atoms with Gasteiger partial charge < -0.3 is 0 Å². The van der Waals surface area contributed by atoms with Crippen LogP contribution in [0.2, 0.25) is 0 Å². The van der Waals surface area contributed by atoms with Crippen LogP contribution >= 0.6 is 0 Å². The molecule has 0 saturated carbocycles. The molecule has 0 saturated heterocycles. The first-order valence-corrected chi connectivity index (χ1v) is 13.6. The molecule has 0 atom stereocenters. The lowest BCUT2D eigenvalue weighted by molar-refractivity contribution is 0.967. The highest BCUT2D eigenvalue weighted by Gasteiger charge is 1.88. The smallest absolute Gasteiger partial charge is 0.0575 e. The average Bonchev–Trinajstić information content (AvgIpc) is 2.97. The van der Waals surface area contributed by atoms with Crippen LogP contribution in [0.3, 0.4) is 0 Å². The molecule has 0 aromatic carbocycles. The molecule has 40 heavy (non-hydrogen) atoms. The Morgan fingerprint density at radius 1 is 0.550 bits per heavy atom. The van der Waals surface area contributed by atoms with Gasteiger partial charge in [0.25, 0.3) is 0 Å². The molecule has 0 aromatic heterocycles. The molecule has 0 heterocycles. The molecule has 0 heteroatoms. The van der Waals surface area contributed by atoms with E-state index in [9.17, 15) is 0 Å². The molecule has 0 rings (SSSR count). The Hall–Kier alpha value is -3.38. The van der Waals surface area contributed by atoms with Crippen LogP contribution in [0.4, 0.5) is 0 Å². The molecule has 0 aliphatic rings. The van der Waals surface area contributed by atoms with Gasteiger partial charge in [0.1, 0.15) is 0 Å². The Morgan fingerprint density at radius 3 is 1.43 bits per heavy atom.